The van der Waals surface area contributed by atoms with Gasteiger partial charge in [0.1, 0.15) is 0 Å². The van der Waals surface area contributed by atoms with E-state index in [1.807, 2.05) is 6.07 Å². The Balaban J connectivity index is 1.86. The number of ether oxygens (including phenoxy) is 1. The molecule has 1 aromatic rings. The maximum absolute atomic E-state index is 11.5. The fourth-order valence-electron chi connectivity index (χ4n) is 3.71. The lowest BCUT2D eigenvalue weighted by Gasteiger charge is -2.44. The number of rotatable bonds is 4. The molecule has 0 aliphatic carbocycles. The second-order valence-corrected chi connectivity index (χ2v) is 8.62. The number of piperidine rings is 1. The first-order valence-electron chi connectivity index (χ1n) is 8.64. The molecule has 2 aliphatic heterocycles. The molecule has 2 heterocycles. The SMILES string of the molecule is CN1CCC(O)(C(CN2CCOCC2)c2ccc(I)c(Cl)c2)CC1. The number of aliphatic hydroxyl groups is 1. The normalized spacial score (nSPS) is 24.0. The largest absolute Gasteiger partial charge is 0.389 e. The molecule has 2 aliphatic rings. The van der Waals surface area contributed by atoms with Crippen LogP contribution in [0, 0.1) is 3.57 Å². The Morgan fingerprint density at radius 3 is 2.54 bits per heavy atom. The van der Waals surface area contributed by atoms with Crippen molar-refractivity contribution in [2.45, 2.75) is 24.4 Å². The van der Waals surface area contributed by atoms with Crippen LogP contribution < -0.4 is 0 Å². The Kier molecular flexibility index (Phi) is 6.43. The van der Waals surface area contributed by atoms with Gasteiger partial charge < -0.3 is 14.7 Å². The first-order chi connectivity index (χ1) is 11.5. The third-order valence-electron chi connectivity index (χ3n) is 5.39. The highest BCUT2D eigenvalue weighted by molar-refractivity contribution is 14.1. The molecule has 4 nitrogen and oxygen atoms in total. The summed E-state index contributed by atoms with van der Waals surface area (Å²) < 4.78 is 6.53. The molecule has 3 rings (SSSR count). The molecule has 6 heteroatoms. The summed E-state index contributed by atoms with van der Waals surface area (Å²) in [6.07, 6.45) is 1.62. The van der Waals surface area contributed by atoms with Crippen molar-refractivity contribution < 1.29 is 9.84 Å². The van der Waals surface area contributed by atoms with Gasteiger partial charge in [-0.3, -0.25) is 4.90 Å². The van der Waals surface area contributed by atoms with Crippen LogP contribution in [0.3, 0.4) is 0 Å². The minimum Gasteiger partial charge on any atom is -0.389 e. The minimum atomic E-state index is -0.666. The predicted octanol–water partition coefficient (Wildman–Crippen LogP) is 2.82. The lowest BCUT2D eigenvalue weighted by Crippen LogP contribution is -2.51. The van der Waals surface area contributed by atoms with Crippen molar-refractivity contribution in [1.82, 2.24) is 9.80 Å². The zero-order valence-corrected chi connectivity index (χ0v) is 17.1. The van der Waals surface area contributed by atoms with Gasteiger partial charge >= 0.3 is 0 Å². The zero-order chi connectivity index (χ0) is 17.2. The second-order valence-electron chi connectivity index (χ2n) is 7.05. The first kappa shape index (κ1) is 18.9. The molecule has 2 fully saturated rings. The van der Waals surface area contributed by atoms with Crippen LogP contribution in [0.4, 0.5) is 0 Å². The van der Waals surface area contributed by atoms with Crippen molar-refractivity contribution in [3.8, 4) is 0 Å². The van der Waals surface area contributed by atoms with Crippen LogP contribution in [-0.2, 0) is 4.74 Å². The maximum Gasteiger partial charge on any atom is 0.0752 e. The number of likely N-dealkylation sites (tertiary alicyclic amines) is 1. The van der Waals surface area contributed by atoms with E-state index in [1.165, 1.54) is 0 Å². The number of morpholine rings is 1. The molecule has 1 atom stereocenters. The standard InChI is InChI=1S/C18H26ClIN2O2/c1-21-6-4-18(23,5-7-21)15(13-22-8-10-24-11-9-22)14-2-3-17(20)16(19)12-14/h2-3,12,15,23H,4-11,13H2,1H3. The van der Waals surface area contributed by atoms with Gasteiger partial charge in [0.25, 0.3) is 0 Å². The highest BCUT2D eigenvalue weighted by atomic mass is 127. The lowest BCUT2D eigenvalue weighted by molar-refractivity contribution is -0.0537. The van der Waals surface area contributed by atoms with E-state index < -0.39 is 5.60 Å². The highest BCUT2D eigenvalue weighted by Crippen LogP contribution is 2.38. The Bertz CT molecular complexity index is 558. The molecule has 0 aromatic heterocycles. The highest BCUT2D eigenvalue weighted by Gasteiger charge is 2.41. The van der Waals surface area contributed by atoms with Crippen molar-refractivity contribution in [1.29, 1.82) is 0 Å². The molecule has 2 saturated heterocycles. The molecule has 0 spiro atoms. The summed E-state index contributed by atoms with van der Waals surface area (Å²) in [5, 5.41) is 12.2. The van der Waals surface area contributed by atoms with Gasteiger partial charge in [0.05, 0.1) is 23.8 Å². The molecular weight excluding hydrogens is 439 g/mol. The summed E-state index contributed by atoms with van der Waals surface area (Å²) in [6, 6.07) is 6.24. The molecule has 0 saturated carbocycles. The summed E-state index contributed by atoms with van der Waals surface area (Å²) >= 11 is 8.63. The van der Waals surface area contributed by atoms with Crippen molar-refractivity contribution in [2.75, 3.05) is 53.0 Å². The molecule has 1 aromatic carbocycles. The van der Waals surface area contributed by atoms with Crippen LogP contribution in [0.15, 0.2) is 18.2 Å². The van der Waals surface area contributed by atoms with E-state index in [0.717, 1.165) is 72.9 Å². The van der Waals surface area contributed by atoms with Crippen LogP contribution in [0.1, 0.15) is 24.3 Å². The second kappa shape index (κ2) is 8.18. The van der Waals surface area contributed by atoms with Crippen molar-refractivity contribution >= 4 is 34.2 Å². The van der Waals surface area contributed by atoms with E-state index >= 15 is 0 Å². The van der Waals surface area contributed by atoms with E-state index in [2.05, 4.69) is 51.6 Å². The molecule has 1 unspecified atom stereocenters. The van der Waals surface area contributed by atoms with E-state index in [4.69, 9.17) is 16.3 Å². The van der Waals surface area contributed by atoms with Gasteiger partial charge in [0, 0.05) is 42.2 Å². The van der Waals surface area contributed by atoms with E-state index in [9.17, 15) is 5.11 Å². The monoisotopic (exact) mass is 464 g/mol. The fraction of sp³-hybridized carbons (Fsp3) is 0.667. The lowest BCUT2D eigenvalue weighted by atomic mass is 9.75. The van der Waals surface area contributed by atoms with Crippen LogP contribution in [0.25, 0.3) is 0 Å². The molecule has 0 radical (unpaired) electrons. The topological polar surface area (TPSA) is 35.9 Å². The third kappa shape index (κ3) is 4.43. The minimum absolute atomic E-state index is 0.0822. The third-order valence-corrected chi connectivity index (χ3v) is 6.96. The fourth-order valence-corrected chi connectivity index (χ4v) is 4.24. The van der Waals surface area contributed by atoms with Gasteiger partial charge in [-0.15, -0.1) is 0 Å². The number of hydrogen-bond donors (Lipinski definition) is 1. The summed E-state index contributed by atoms with van der Waals surface area (Å²) in [6.45, 7) is 6.17. The quantitative estimate of drug-likeness (QED) is 0.695. The molecular formula is C18H26ClIN2O2. The number of nitrogens with zero attached hydrogens (tertiary/aromatic N) is 2. The summed E-state index contributed by atoms with van der Waals surface area (Å²) in [4.78, 5) is 4.71. The van der Waals surface area contributed by atoms with Gasteiger partial charge in [-0.1, -0.05) is 17.7 Å². The molecule has 24 heavy (non-hydrogen) atoms. The van der Waals surface area contributed by atoms with Crippen LogP contribution in [0.2, 0.25) is 5.02 Å². The molecule has 134 valence electrons. The van der Waals surface area contributed by atoms with Crippen molar-refractivity contribution in [3.63, 3.8) is 0 Å². The number of benzene rings is 1. The maximum atomic E-state index is 11.5. The van der Waals surface area contributed by atoms with Crippen LogP contribution in [-0.4, -0.2) is 73.5 Å². The van der Waals surface area contributed by atoms with Gasteiger partial charge in [-0.2, -0.15) is 0 Å². The van der Waals surface area contributed by atoms with Crippen LogP contribution >= 0.6 is 34.2 Å². The average molecular weight is 465 g/mol. The zero-order valence-electron chi connectivity index (χ0n) is 14.2. The van der Waals surface area contributed by atoms with Gasteiger partial charge in [0.2, 0.25) is 0 Å². The Morgan fingerprint density at radius 1 is 1.25 bits per heavy atom. The molecule has 0 bridgehead atoms. The van der Waals surface area contributed by atoms with E-state index in [-0.39, 0.29) is 5.92 Å². The predicted molar refractivity (Wildman–Crippen MR) is 106 cm³/mol. The van der Waals surface area contributed by atoms with E-state index in [0.29, 0.717) is 0 Å². The average Bonchev–Trinajstić information content (AvgIpc) is 2.59. The summed E-state index contributed by atoms with van der Waals surface area (Å²) in [5.41, 5.74) is 0.486. The van der Waals surface area contributed by atoms with Crippen LogP contribution in [0.5, 0.6) is 0 Å². The Morgan fingerprint density at radius 2 is 1.92 bits per heavy atom. The number of hydrogen-bond acceptors (Lipinski definition) is 4. The first-order valence-corrected chi connectivity index (χ1v) is 10.1. The smallest absolute Gasteiger partial charge is 0.0752 e. The van der Waals surface area contributed by atoms with E-state index in [1.54, 1.807) is 0 Å². The summed E-state index contributed by atoms with van der Waals surface area (Å²) in [7, 11) is 2.12. The number of halogens is 2. The van der Waals surface area contributed by atoms with Gasteiger partial charge in [-0.05, 0) is 60.2 Å². The Labute approximate surface area is 163 Å². The molecule has 1 N–H and O–H groups in total. The van der Waals surface area contributed by atoms with Crippen molar-refractivity contribution in [2.24, 2.45) is 0 Å². The Hall–Kier alpha value is 0.0800. The van der Waals surface area contributed by atoms with Gasteiger partial charge in [0.15, 0.2) is 0 Å². The molecule has 0 amide bonds. The van der Waals surface area contributed by atoms with Crippen molar-refractivity contribution in [3.05, 3.63) is 32.4 Å². The van der Waals surface area contributed by atoms with Gasteiger partial charge in [-0.25, -0.2) is 0 Å². The summed E-state index contributed by atoms with van der Waals surface area (Å²) in [5.74, 6) is 0.0822.